The summed E-state index contributed by atoms with van der Waals surface area (Å²) in [7, 11) is 1.66. The molecular formula is C14H17NO3S. The number of benzene rings is 1. The normalized spacial score (nSPS) is 18.0. The number of ether oxygens (including phenoxy) is 1. The topological polar surface area (TPSA) is 65.5 Å². The maximum absolute atomic E-state index is 11.4. The Morgan fingerprint density at radius 3 is 2.79 bits per heavy atom. The largest absolute Gasteiger partial charge is 0.496 e. The Hall–Kier alpha value is -1.33. The minimum absolute atomic E-state index is 0.0277. The first-order valence-electron chi connectivity index (χ1n) is 6.51. The van der Waals surface area contributed by atoms with Gasteiger partial charge in [0, 0.05) is 23.6 Å². The second-order valence-electron chi connectivity index (χ2n) is 5.14. The molecule has 2 N–H and O–H groups in total. The van der Waals surface area contributed by atoms with Gasteiger partial charge >= 0.3 is 4.94 Å². The highest BCUT2D eigenvalue weighted by Crippen LogP contribution is 2.45. The Kier molecular flexibility index (Phi) is 3.11. The summed E-state index contributed by atoms with van der Waals surface area (Å²) in [6, 6.07) is 3.85. The van der Waals surface area contributed by atoms with Gasteiger partial charge in [-0.1, -0.05) is 24.2 Å². The molecule has 0 atom stereocenters. The van der Waals surface area contributed by atoms with E-state index in [0.29, 0.717) is 12.1 Å². The zero-order valence-corrected chi connectivity index (χ0v) is 11.7. The molecule has 0 unspecified atom stereocenters. The fourth-order valence-electron chi connectivity index (χ4n) is 3.12. The molecule has 0 bridgehead atoms. The van der Waals surface area contributed by atoms with Crippen molar-refractivity contribution in [3.8, 4) is 5.75 Å². The Morgan fingerprint density at radius 1 is 1.42 bits per heavy atom. The van der Waals surface area contributed by atoms with Crippen molar-refractivity contribution in [3.05, 3.63) is 27.4 Å². The molecule has 19 heavy (non-hydrogen) atoms. The van der Waals surface area contributed by atoms with Crippen LogP contribution in [0.5, 0.6) is 5.75 Å². The van der Waals surface area contributed by atoms with Crippen LogP contribution < -0.4 is 15.4 Å². The van der Waals surface area contributed by atoms with Crippen molar-refractivity contribution in [2.75, 3.05) is 13.7 Å². The first kappa shape index (κ1) is 12.7. The number of methoxy groups -OCH3 is 1. The molecule has 1 saturated carbocycles. The zero-order chi connectivity index (χ0) is 13.5. The average Bonchev–Trinajstić information content (AvgIpc) is 3.02. The lowest BCUT2D eigenvalue weighted by atomic mass is 9.78. The van der Waals surface area contributed by atoms with Crippen LogP contribution in [0, 0.1) is 0 Å². The SMILES string of the molecule is COc1cc2sc(=O)oc2cc1C1(CN)CCCC1. The van der Waals surface area contributed by atoms with Crippen LogP contribution in [0.4, 0.5) is 0 Å². The van der Waals surface area contributed by atoms with Crippen molar-refractivity contribution in [2.45, 2.75) is 31.1 Å². The predicted octanol–water partition coefficient (Wildman–Crippen LogP) is 2.63. The predicted molar refractivity (Wildman–Crippen MR) is 76.1 cm³/mol. The van der Waals surface area contributed by atoms with Crippen molar-refractivity contribution in [3.63, 3.8) is 0 Å². The van der Waals surface area contributed by atoms with E-state index >= 15 is 0 Å². The van der Waals surface area contributed by atoms with Crippen LogP contribution in [0.15, 0.2) is 21.3 Å². The van der Waals surface area contributed by atoms with E-state index in [1.165, 1.54) is 12.8 Å². The van der Waals surface area contributed by atoms with E-state index in [0.717, 1.165) is 40.2 Å². The summed E-state index contributed by atoms with van der Waals surface area (Å²) in [4.78, 5) is 11.1. The molecular weight excluding hydrogens is 262 g/mol. The fraction of sp³-hybridized carbons (Fsp3) is 0.500. The maximum Gasteiger partial charge on any atom is 0.396 e. The summed E-state index contributed by atoms with van der Waals surface area (Å²) >= 11 is 1.11. The molecule has 0 aliphatic heterocycles. The van der Waals surface area contributed by atoms with E-state index in [4.69, 9.17) is 14.9 Å². The van der Waals surface area contributed by atoms with Crippen molar-refractivity contribution < 1.29 is 9.15 Å². The fourth-order valence-corrected chi connectivity index (χ4v) is 3.80. The van der Waals surface area contributed by atoms with E-state index in [9.17, 15) is 4.79 Å². The monoisotopic (exact) mass is 279 g/mol. The van der Waals surface area contributed by atoms with Crippen LogP contribution in [0.3, 0.4) is 0 Å². The average molecular weight is 279 g/mol. The molecule has 1 heterocycles. The van der Waals surface area contributed by atoms with Crippen LogP contribution in [-0.4, -0.2) is 13.7 Å². The summed E-state index contributed by atoms with van der Waals surface area (Å²) in [5.41, 5.74) is 7.73. The van der Waals surface area contributed by atoms with Gasteiger partial charge in [0.2, 0.25) is 0 Å². The number of hydrogen-bond acceptors (Lipinski definition) is 5. The van der Waals surface area contributed by atoms with E-state index in [1.54, 1.807) is 7.11 Å². The first-order chi connectivity index (χ1) is 9.18. The van der Waals surface area contributed by atoms with Crippen LogP contribution in [-0.2, 0) is 5.41 Å². The highest BCUT2D eigenvalue weighted by Gasteiger charge is 2.37. The van der Waals surface area contributed by atoms with Gasteiger partial charge in [-0.2, -0.15) is 0 Å². The summed E-state index contributed by atoms with van der Waals surface area (Å²) in [5, 5.41) is 0. The highest BCUT2D eigenvalue weighted by molar-refractivity contribution is 7.16. The molecule has 0 saturated heterocycles. The van der Waals surface area contributed by atoms with Gasteiger partial charge in [0.15, 0.2) is 0 Å². The van der Waals surface area contributed by atoms with E-state index in [1.807, 2.05) is 12.1 Å². The third-order valence-electron chi connectivity index (χ3n) is 4.18. The van der Waals surface area contributed by atoms with E-state index < -0.39 is 0 Å². The second-order valence-corrected chi connectivity index (χ2v) is 6.12. The van der Waals surface area contributed by atoms with Gasteiger partial charge in [-0.05, 0) is 18.9 Å². The van der Waals surface area contributed by atoms with Crippen molar-refractivity contribution in [1.82, 2.24) is 0 Å². The summed E-state index contributed by atoms with van der Waals surface area (Å²) in [6.45, 7) is 0.600. The van der Waals surface area contributed by atoms with Gasteiger partial charge < -0.3 is 14.9 Å². The van der Waals surface area contributed by atoms with Gasteiger partial charge in [0.1, 0.15) is 11.3 Å². The Balaban J connectivity index is 2.23. The zero-order valence-electron chi connectivity index (χ0n) is 10.9. The lowest BCUT2D eigenvalue weighted by Gasteiger charge is -2.29. The molecule has 1 aromatic heterocycles. The van der Waals surface area contributed by atoms with Crippen molar-refractivity contribution >= 4 is 21.6 Å². The molecule has 4 nitrogen and oxygen atoms in total. The molecule has 102 valence electrons. The third kappa shape index (κ3) is 1.97. The third-order valence-corrected chi connectivity index (χ3v) is 4.96. The van der Waals surface area contributed by atoms with Gasteiger partial charge in [-0.15, -0.1) is 0 Å². The highest BCUT2D eigenvalue weighted by atomic mass is 32.1. The molecule has 2 aromatic rings. The number of rotatable bonds is 3. The standard InChI is InChI=1S/C14H17NO3S/c1-17-10-7-12-11(18-13(16)19-12)6-9(10)14(8-15)4-2-3-5-14/h6-7H,2-5,8,15H2,1H3. The van der Waals surface area contributed by atoms with Crippen LogP contribution in [0.25, 0.3) is 10.3 Å². The molecule has 1 aliphatic carbocycles. The molecule has 0 amide bonds. The molecule has 3 rings (SSSR count). The molecule has 1 aliphatic rings. The number of hydrogen-bond donors (Lipinski definition) is 1. The lowest BCUT2D eigenvalue weighted by molar-refractivity contribution is 0.378. The molecule has 1 fully saturated rings. The van der Waals surface area contributed by atoms with E-state index in [2.05, 4.69) is 0 Å². The smallest absolute Gasteiger partial charge is 0.396 e. The van der Waals surface area contributed by atoms with Crippen molar-refractivity contribution in [2.24, 2.45) is 5.73 Å². The Bertz CT molecular complexity index is 652. The first-order valence-corrected chi connectivity index (χ1v) is 7.32. The van der Waals surface area contributed by atoms with E-state index in [-0.39, 0.29) is 10.4 Å². The molecule has 1 aromatic carbocycles. The second kappa shape index (κ2) is 4.65. The summed E-state index contributed by atoms with van der Waals surface area (Å²) in [5.74, 6) is 0.817. The molecule has 5 heteroatoms. The number of nitrogens with two attached hydrogens (primary N) is 1. The maximum atomic E-state index is 11.4. The number of fused-ring (bicyclic) bond motifs is 1. The summed E-state index contributed by atoms with van der Waals surface area (Å²) in [6.07, 6.45) is 4.51. The van der Waals surface area contributed by atoms with Crippen LogP contribution in [0.1, 0.15) is 31.2 Å². The van der Waals surface area contributed by atoms with Gasteiger partial charge in [0.25, 0.3) is 0 Å². The summed E-state index contributed by atoms with van der Waals surface area (Å²) < 4.78 is 11.6. The minimum atomic E-state index is -0.276. The van der Waals surface area contributed by atoms with Crippen LogP contribution in [0.2, 0.25) is 0 Å². The quantitative estimate of drug-likeness (QED) is 0.938. The van der Waals surface area contributed by atoms with Gasteiger partial charge in [-0.25, -0.2) is 4.79 Å². The Morgan fingerprint density at radius 2 is 2.16 bits per heavy atom. The lowest BCUT2D eigenvalue weighted by Crippen LogP contribution is -2.32. The molecule has 0 spiro atoms. The van der Waals surface area contributed by atoms with Crippen molar-refractivity contribution in [1.29, 1.82) is 0 Å². The minimum Gasteiger partial charge on any atom is -0.496 e. The van der Waals surface area contributed by atoms with Gasteiger partial charge in [0.05, 0.1) is 11.8 Å². The van der Waals surface area contributed by atoms with Gasteiger partial charge in [-0.3, -0.25) is 0 Å². The molecule has 0 radical (unpaired) electrons. The Labute approximate surface area is 115 Å². The van der Waals surface area contributed by atoms with Crippen LogP contribution >= 0.6 is 11.3 Å².